The number of hydrogen-bond acceptors (Lipinski definition) is 4. The van der Waals surface area contributed by atoms with E-state index in [9.17, 15) is 10.2 Å². The molecule has 0 radical (unpaired) electrons. The first-order valence-electron chi connectivity index (χ1n) is 6.99. The van der Waals surface area contributed by atoms with Gasteiger partial charge in [-0.25, -0.2) is 0 Å². The lowest BCUT2D eigenvalue weighted by Gasteiger charge is -2.40. The largest absolute Gasteiger partial charge is 0.507 e. The van der Waals surface area contributed by atoms with Crippen LogP contribution in [0.25, 0.3) is 0 Å². The Hall–Kier alpha value is -1.26. The van der Waals surface area contributed by atoms with Crippen LogP contribution < -0.4 is 0 Å². The summed E-state index contributed by atoms with van der Waals surface area (Å²) >= 11 is 0. The molecule has 0 aliphatic carbocycles. The van der Waals surface area contributed by atoms with Gasteiger partial charge in [-0.05, 0) is 32.9 Å². The van der Waals surface area contributed by atoms with Gasteiger partial charge in [-0.15, -0.1) is 0 Å². The molecule has 1 aromatic carbocycles. The summed E-state index contributed by atoms with van der Waals surface area (Å²) in [6.45, 7) is 10.5. The minimum absolute atomic E-state index is 0.0375. The van der Waals surface area contributed by atoms with Gasteiger partial charge in [-0.1, -0.05) is 6.07 Å². The van der Waals surface area contributed by atoms with Gasteiger partial charge in [0.15, 0.2) is 0 Å². The molecule has 2 rings (SSSR count). The zero-order chi connectivity index (χ0) is 14.0. The number of nitrogens with zero attached hydrogens (tertiary/aromatic N) is 2. The molecular formula is C15H24N2O2. The van der Waals surface area contributed by atoms with Crippen molar-refractivity contribution in [3.63, 3.8) is 0 Å². The van der Waals surface area contributed by atoms with Crippen molar-refractivity contribution in [2.75, 3.05) is 26.2 Å². The van der Waals surface area contributed by atoms with Crippen LogP contribution in [0.4, 0.5) is 0 Å². The van der Waals surface area contributed by atoms with Crippen molar-refractivity contribution in [2.45, 2.75) is 32.9 Å². The van der Waals surface area contributed by atoms with Crippen LogP contribution in [0, 0.1) is 0 Å². The summed E-state index contributed by atoms with van der Waals surface area (Å²) in [6.07, 6.45) is 0. The van der Waals surface area contributed by atoms with Gasteiger partial charge < -0.3 is 10.2 Å². The smallest absolute Gasteiger partial charge is 0.124 e. The Morgan fingerprint density at radius 2 is 1.37 bits per heavy atom. The summed E-state index contributed by atoms with van der Waals surface area (Å²) < 4.78 is 0. The first kappa shape index (κ1) is 14.2. The van der Waals surface area contributed by atoms with Crippen LogP contribution in [0.5, 0.6) is 11.5 Å². The third-order valence-corrected chi connectivity index (χ3v) is 4.10. The number of rotatable bonds is 3. The zero-order valence-corrected chi connectivity index (χ0v) is 12.0. The molecule has 1 aromatic rings. The summed E-state index contributed by atoms with van der Waals surface area (Å²) in [6, 6.07) is 5.55. The molecule has 1 aliphatic heterocycles. The van der Waals surface area contributed by atoms with Gasteiger partial charge in [0.2, 0.25) is 0 Å². The Labute approximate surface area is 115 Å². The fraction of sp³-hybridized carbons (Fsp3) is 0.600. The molecule has 106 valence electrons. The van der Waals surface area contributed by atoms with Crippen molar-refractivity contribution < 1.29 is 10.2 Å². The zero-order valence-electron chi connectivity index (χ0n) is 12.0. The molecule has 19 heavy (non-hydrogen) atoms. The highest BCUT2D eigenvalue weighted by atomic mass is 16.3. The third-order valence-electron chi connectivity index (χ3n) is 4.10. The van der Waals surface area contributed by atoms with Gasteiger partial charge in [-0.3, -0.25) is 9.80 Å². The van der Waals surface area contributed by atoms with E-state index in [1.54, 1.807) is 18.2 Å². The van der Waals surface area contributed by atoms with Crippen molar-refractivity contribution in [3.8, 4) is 11.5 Å². The molecule has 4 heteroatoms. The van der Waals surface area contributed by atoms with E-state index in [0.717, 1.165) is 26.2 Å². The molecule has 1 saturated heterocycles. The highest BCUT2D eigenvalue weighted by Crippen LogP contribution is 2.35. The molecule has 0 saturated carbocycles. The monoisotopic (exact) mass is 264 g/mol. The molecule has 1 atom stereocenters. The van der Waals surface area contributed by atoms with E-state index < -0.39 is 0 Å². The maximum Gasteiger partial charge on any atom is 0.124 e. The van der Waals surface area contributed by atoms with Gasteiger partial charge in [0, 0.05) is 38.3 Å². The van der Waals surface area contributed by atoms with Crippen LogP contribution in [-0.4, -0.2) is 52.2 Å². The second-order valence-corrected chi connectivity index (χ2v) is 5.55. The highest BCUT2D eigenvalue weighted by Gasteiger charge is 2.26. The minimum Gasteiger partial charge on any atom is -0.507 e. The summed E-state index contributed by atoms with van der Waals surface area (Å²) in [4.78, 5) is 4.77. The standard InChI is InChI=1S/C15H24N2O2/c1-11(2)16-7-9-17(10-8-16)12(3)15-13(18)5-4-6-14(15)19/h4-6,11-12,18-19H,7-10H2,1-3H3. The van der Waals surface area contributed by atoms with Crippen LogP contribution in [0.3, 0.4) is 0 Å². The normalized spacial score (nSPS) is 19.8. The molecule has 0 spiro atoms. The summed E-state index contributed by atoms with van der Waals surface area (Å²) in [5, 5.41) is 19.9. The summed E-state index contributed by atoms with van der Waals surface area (Å²) in [5.74, 6) is 0.359. The molecule has 0 aromatic heterocycles. The maximum atomic E-state index is 9.94. The first-order chi connectivity index (χ1) is 9.00. The fourth-order valence-corrected chi connectivity index (χ4v) is 2.79. The molecule has 1 fully saturated rings. The molecule has 0 bridgehead atoms. The average Bonchev–Trinajstić information content (AvgIpc) is 2.38. The van der Waals surface area contributed by atoms with E-state index in [0.29, 0.717) is 11.6 Å². The Kier molecular flexibility index (Phi) is 4.32. The third kappa shape index (κ3) is 3.01. The average molecular weight is 264 g/mol. The summed E-state index contributed by atoms with van der Waals surface area (Å²) in [7, 11) is 0. The maximum absolute atomic E-state index is 9.94. The molecule has 1 unspecified atom stereocenters. The van der Waals surface area contributed by atoms with Gasteiger partial charge in [-0.2, -0.15) is 0 Å². The van der Waals surface area contributed by atoms with Gasteiger partial charge in [0.1, 0.15) is 11.5 Å². The lowest BCUT2D eigenvalue weighted by atomic mass is 10.0. The topological polar surface area (TPSA) is 46.9 Å². The first-order valence-corrected chi connectivity index (χ1v) is 6.99. The molecule has 4 nitrogen and oxygen atoms in total. The van der Waals surface area contributed by atoms with Crippen molar-refractivity contribution in [1.29, 1.82) is 0 Å². The van der Waals surface area contributed by atoms with Crippen LogP contribution in [0.1, 0.15) is 32.4 Å². The minimum atomic E-state index is 0.0375. The molecule has 1 aliphatic rings. The number of phenolic OH excluding ortho intramolecular Hbond substituents is 2. The lowest BCUT2D eigenvalue weighted by Crippen LogP contribution is -2.49. The second kappa shape index (κ2) is 5.80. The Bertz CT molecular complexity index is 406. The quantitative estimate of drug-likeness (QED) is 0.878. The van der Waals surface area contributed by atoms with Crippen molar-refractivity contribution in [2.24, 2.45) is 0 Å². The number of aromatic hydroxyl groups is 2. The van der Waals surface area contributed by atoms with Crippen molar-refractivity contribution in [3.05, 3.63) is 23.8 Å². The van der Waals surface area contributed by atoms with Gasteiger partial charge in [0.25, 0.3) is 0 Å². The van der Waals surface area contributed by atoms with Crippen molar-refractivity contribution in [1.82, 2.24) is 9.80 Å². The predicted molar refractivity (Wildman–Crippen MR) is 76.5 cm³/mol. The van der Waals surface area contributed by atoms with E-state index in [-0.39, 0.29) is 17.5 Å². The number of hydrogen-bond donors (Lipinski definition) is 2. The van der Waals surface area contributed by atoms with Crippen LogP contribution in [-0.2, 0) is 0 Å². The fourth-order valence-electron chi connectivity index (χ4n) is 2.79. The van der Waals surface area contributed by atoms with Gasteiger partial charge >= 0.3 is 0 Å². The van der Waals surface area contributed by atoms with Gasteiger partial charge in [0.05, 0.1) is 5.56 Å². The van der Waals surface area contributed by atoms with Crippen LogP contribution >= 0.6 is 0 Å². The Morgan fingerprint density at radius 3 is 1.84 bits per heavy atom. The SMILES string of the molecule is CC(C)N1CCN(C(C)c2c(O)cccc2O)CC1. The highest BCUT2D eigenvalue weighted by molar-refractivity contribution is 5.45. The lowest BCUT2D eigenvalue weighted by molar-refractivity contribution is 0.0818. The molecule has 0 amide bonds. The van der Waals surface area contributed by atoms with Crippen LogP contribution in [0.2, 0.25) is 0 Å². The Morgan fingerprint density at radius 1 is 0.895 bits per heavy atom. The van der Waals surface area contributed by atoms with E-state index in [1.807, 2.05) is 6.92 Å². The predicted octanol–water partition coefficient (Wildman–Crippen LogP) is 2.18. The van der Waals surface area contributed by atoms with E-state index >= 15 is 0 Å². The van der Waals surface area contributed by atoms with Crippen molar-refractivity contribution >= 4 is 0 Å². The molecule has 1 heterocycles. The number of piperazine rings is 1. The number of benzene rings is 1. The number of phenols is 2. The second-order valence-electron chi connectivity index (χ2n) is 5.55. The molecule has 2 N–H and O–H groups in total. The summed E-state index contributed by atoms with van der Waals surface area (Å²) in [5.41, 5.74) is 0.639. The van der Waals surface area contributed by atoms with Crippen LogP contribution in [0.15, 0.2) is 18.2 Å². The molecular weight excluding hydrogens is 240 g/mol. The Balaban J connectivity index is 2.07. The van der Waals surface area contributed by atoms with E-state index in [2.05, 4.69) is 23.6 Å². The van der Waals surface area contributed by atoms with E-state index in [1.165, 1.54) is 0 Å². The van der Waals surface area contributed by atoms with E-state index in [4.69, 9.17) is 0 Å².